The van der Waals surface area contributed by atoms with Crippen LogP contribution in [0, 0.1) is 13.8 Å². The monoisotopic (exact) mass is 637 g/mol. The van der Waals surface area contributed by atoms with Crippen molar-refractivity contribution in [2.24, 2.45) is 0 Å². The average Bonchev–Trinajstić information content (AvgIpc) is 3.12. The van der Waals surface area contributed by atoms with Crippen LogP contribution >= 0.6 is 0 Å². The van der Waals surface area contributed by atoms with E-state index in [9.17, 15) is 4.79 Å². The summed E-state index contributed by atoms with van der Waals surface area (Å²) in [6, 6.07) is 47.1. The minimum absolute atomic E-state index is 0.0725. The highest BCUT2D eigenvalue weighted by Crippen LogP contribution is 2.29. The fourth-order valence-corrected chi connectivity index (χ4v) is 6.80. The number of rotatable bonds is 12. The van der Waals surface area contributed by atoms with Gasteiger partial charge in [0.15, 0.2) is 0 Å². The van der Waals surface area contributed by atoms with E-state index in [0.717, 1.165) is 25.7 Å². The van der Waals surface area contributed by atoms with Gasteiger partial charge in [-0.3, -0.25) is 0 Å². The van der Waals surface area contributed by atoms with Crippen LogP contribution < -0.4 is 10.2 Å². The molecule has 0 radical (unpaired) electrons. The highest BCUT2D eigenvalue weighted by molar-refractivity contribution is 5.68. The molecule has 1 heterocycles. The Balaban J connectivity index is 1.21. The highest BCUT2D eigenvalue weighted by atomic mass is 16.6. The number of likely N-dealkylation sites (tertiary alicyclic amines) is 1. The number of para-hydroxylation sites is 2. The lowest BCUT2D eigenvalue weighted by Crippen LogP contribution is -2.45. The van der Waals surface area contributed by atoms with Crippen LogP contribution in [0.25, 0.3) is 0 Å². The number of carbonyl (C=O) groups excluding carboxylic acids is 1. The Morgan fingerprint density at radius 1 is 0.729 bits per heavy atom. The predicted molar refractivity (Wildman–Crippen MR) is 198 cm³/mol. The van der Waals surface area contributed by atoms with Crippen molar-refractivity contribution < 1.29 is 9.53 Å². The smallest absolute Gasteiger partial charge is 0.409 e. The first-order valence-electron chi connectivity index (χ1n) is 17.2. The summed E-state index contributed by atoms with van der Waals surface area (Å²) in [6.07, 6.45) is 3.14. The molecular formula is C43H47N3O2. The van der Waals surface area contributed by atoms with Gasteiger partial charge in [0.05, 0.1) is 6.04 Å². The number of benzene rings is 5. The van der Waals surface area contributed by atoms with Gasteiger partial charge in [-0.2, -0.15) is 0 Å². The Morgan fingerprint density at radius 3 is 1.94 bits per heavy atom. The highest BCUT2D eigenvalue weighted by Gasteiger charge is 2.28. The number of hydrogen-bond acceptors (Lipinski definition) is 4. The van der Waals surface area contributed by atoms with E-state index in [1.807, 2.05) is 11.0 Å². The lowest BCUT2D eigenvalue weighted by molar-refractivity contribution is 0.0879. The lowest BCUT2D eigenvalue weighted by Gasteiger charge is -2.37. The fraction of sp³-hybridized carbons (Fsp3) is 0.279. The Bertz CT molecular complexity index is 1710. The molecule has 1 aliphatic rings. The quantitative estimate of drug-likeness (QED) is 0.148. The molecule has 5 nitrogen and oxygen atoms in total. The van der Waals surface area contributed by atoms with Crippen molar-refractivity contribution in [1.29, 1.82) is 0 Å². The first-order valence-corrected chi connectivity index (χ1v) is 17.2. The molecule has 5 heteroatoms. The largest absolute Gasteiger partial charge is 0.447 e. The van der Waals surface area contributed by atoms with E-state index in [4.69, 9.17) is 4.74 Å². The number of aryl methyl sites for hydroxylation is 2. The second kappa shape index (κ2) is 16.2. The standard InChI is InChI=1S/C43H47N3O2/c1-33-15-14-16-34(2)42(33)44-39-25-27-45(28-26-39)43(47)48-32-40(30-36-19-8-4-9-20-36)46(31-37-21-10-5-11-22-37)41-24-13-12-23-38(41)29-35-17-6-3-7-18-35/h3-24,39-40,44H,25-32H2,1-2H3/t40-/m0/s1. The van der Waals surface area contributed by atoms with E-state index in [-0.39, 0.29) is 12.1 Å². The van der Waals surface area contributed by atoms with Crippen molar-refractivity contribution in [1.82, 2.24) is 4.90 Å². The van der Waals surface area contributed by atoms with Gasteiger partial charge in [-0.15, -0.1) is 0 Å². The fourth-order valence-electron chi connectivity index (χ4n) is 6.80. The topological polar surface area (TPSA) is 44.8 Å². The van der Waals surface area contributed by atoms with Gasteiger partial charge in [-0.25, -0.2) is 4.79 Å². The van der Waals surface area contributed by atoms with Gasteiger partial charge >= 0.3 is 6.09 Å². The Hall–Kier alpha value is -5.03. The number of hydrogen-bond donors (Lipinski definition) is 1. The van der Waals surface area contributed by atoms with Crippen molar-refractivity contribution in [3.8, 4) is 0 Å². The lowest BCUT2D eigenvalue weighted by atomic mass is 9.99. The van der Waals surface area contributed by atoms with Gasteiger partial charge < -0.3 is 19.9 Å². The number of anilines is 2. The molecule has 1 saturated heterocycles. The van der Waals surface area contributed by atoms with Crippen LogP contribution in [0.5, 0.6) is 0 Å². The summed E-state index contributed by atoms with van der Waals surface area (Å²) in [5, 5.41) is 3.75. The van der Waals surface area contributed by atoms with Crippen LogP contribution in [0.1, 0.15) is 46.2 Å². The van der Waals surface area contributed by atoms with Crippen LogP contribution in [-0.4, -0.2) is 42.8 Å². The minimum Gasteiger partial charge on any atom is -0.447 e. The number of piperidine rings is 1. The Morgan fingerprint density at radius 2 is 1.29 bits per heavy atom. The molecule has 0 unspecified atom stereocenters. The number of amides is 1. The molecule has 0 bridgehead atoms. The van der Waals surface area contributed by atoms with Crippen LogP contribution in [0.2, 0.25) is 0 Å². The van der Waals surface area contributed by atoms with Crippen LogP contribution in [0.15, 0.2) is 133 Å². The molecule has 5 aromatic rings. The summed E-state index contributed by atoms with van der Waals surface area (Å²) in [5.74, 6) is 0. The normalized spacial score (nSPS) is 13.9. The summed E-state index contributed by atoms with van der Waals surface area (Å²) in [7, 11) is 0. The molecule has 48 heavy (non-hydrogen) atoms. The third-order valence-corrected chi connectivity index (χ3v) is 9.47. The van der Waals surface area contributed by atoms with Crippen molar-refractivity contribution in [3.63, 3.8) is 0 Å². The molecule has 1 atom stereocenters. The molecule has 1 N–H and O–H groups in total. The maximum atomic E-state index is 13.6. The molecule has 1 fully saturated rings. The van der Waals surface area contributed by atoms with Crippen molar-refractivity contribution in [3.05, 3.63) is 167 Å². The number of ether oxygens (including phenoxy) is 1. The van der Waals surface area contributed by atoms with Gasteiger partial charge in [0, 0.05) is 37.1 Å². The van der Waals surface area contributed by atoms with Crippen LogP contribution in [0.3, 0.4) is 0 Å². The molecule has 6 rings (SSSR count). The second-order valence-corrected chi connectivity index (χ2v) is 13.0. The van der Waals surface area contributed by atoms with Crippen LogP contribution in [-0.2, 0) is 24.1 Å². The summed E-state index contributed by atoms with van der Waals surface area (Å²) in [4.78, 5) is 18.0. The molecule has 246 valence electrons. The first-order chi connectivity index (χ1) is 23.5. The van der Waals surface area contributed by atoms with Gasteiger partial charge in [0.1, 0.15) is 6.61 Å². The molecule has 1 amide bonds. The predicted octanol–water partition coefficient (Wildman–Crippen LogP) is 9.23. The van der Waals surface area contributed by atoms with Crippen LogP contribution in [0.4, 0.5) is 16.2 Å². The zero-order valence-corrected chi connectivity index (χ0v) is 28.2. The van der Waals surface area contributed by atoms with Gasteiger partial charge in [-0.1, -0.05) is 127 Å². The molecular weight excluding hydrogens is 590 g/mol. The molecule has 0 aliphatic carbocycles. The van der Waals surface area contributed by atoms with Gasteiger partial charge in [0.25, 0.3) is 0 Å². The Labute approximate surface area is 286 Å². The molecule has 1 aliphatic heterocycles. The summed E-state index contributed by atoms with van der Waals surface area (Å²) < 4.78 is 6.23. The molecule has 0 spiro atoms. The van der Waals surface area contributed by atoms with Crippen molar-refractivity contribution >= 4 is 17.5 Å². The molecule has 5 aromatic carbocycles. The van der Waals surface area contributed by atoms with E-state index in [1.54, 1.807) is 0 Å². The summed E-state index contributed by atoms with van der Waals surface area (Å²) in [6.45, 7) is 6.65. The summed E-state index contributed by atoms with van der Waals surface area (Å²) in [5.41, 5.74) is 9.85. The maximum absolute atomic E-state index is 13.6. The van der Waals surface area contributed by atoms with Crippen molar-refractivity contribution in [2.75, 3.05) is 29.9 Å². The molecule has 0 saturated carbocycles. The zero-order valence-electron chi connectivity index (χ0n) is 28.2. The van der Waals surface area contributed by atoms with Gasteiger partial charge in [0.2, 0.25) is 0 Å². The maximum Gasteiger partial charge on any atom is 0.409 e. The van der Waals surface area contributed by atoms with Gasteiger partial charge in [-0.05, 0) is 79.0 Å². The molecule has 0 aromatic heterocycles. The zero-order chi connectivity index (χ0) is 33.1. The number of carbonyl (C=O) groups is 1. The third-order valence-electron chi connectivity index (χ3n) is 9.47. The van der Waals surface area contributed by atoms with E-state index in [0.29, 0.717) is 32.3 Å². The number of nitrogens with one attached hydrogen (secondary N) is 1. The first kappa shape index (κ1) is 32.9. The Kier molecular flexibility index (Phi) is 11.1. The third kappa shape index (κ3) is 8.65. The van der Waals surface area contributed by atoms with E-state index in [2.05, 4.69) is 151 Å². The van der Waals surface area contributed by atoms with E-state index in [1.165, 1.54) is 44.8 Å². The SMILES string of the molecule is Cc1cccc(C)c1NC1CCN(C(=O)OC[C@H](Cc2ccccc2)N(Cc2ccccc2)c2ccccc2Cc2ccccc2)CC1. The van der Waals surface area contributed by atoms with E-state index >= 15 is 0 Å². The van der Waals surface area contributed by atoms with E-state index < -0.39 is 0 Å². The summed E-state index contributed by atoms with van der Waals surface area (Å²) >= 11 is 0. The number of nitrogens with zero attached hydrogens (tertiary/aromatic N) is 2. The minimum atomic E-state index is -0.226. The van der Waals surface area contributed by atoms with Crippen molar-refractivity contribution in [2.45, 2.75) is 58.2 Å². The average molecular weight is 638 g/mol. The second-order valence-electron chi connectivity index (χ2n) is 13.0.